The molecular formula is C15H16F3N3O. The molecule has 1 N–H and O–H groups in total. The van der Waals surface area contributed by atoms with Gasteiger partial charge in [-0.3, -0.25) is 9.48 Å². The van der Waals surface area contributed by atoms with Gasteiger partial charge in [0.15, 0.2) is 5.69 Å². The average molecular weight is 311 g/mol. The van der Waals surface area contributed by atoms with Crippen LogP contribution in [0.25, 0.3) is 0 Å². The van der Waals surface area contributed by atoms with E-state index >= 15 is 0 Å². The zero-order valence-electron chi connectivity index (χ0n) is 11.8. The molecule has 118 valence electrons. The number of aromatic nitrogens is 2. The molecule has 1 amide bonds. The Morgan fingerprint density at radius 2 is 1.91 bits per heavy atom. The highest BCUT2D eigenvalue weighted by atomic mass is 19.4. The van der Waals surface area contributed by atoms with Crippen LogP contribution in [-0.4, -0.2) is 22.2 Å². The van der Waals surface area contributed by atoms with Crippen LogP contribution in [0.3, 0.4) is 0 Å². The SMILES string of the molecule is O=C(CCc1ccccc1)NCCn1ccc(C(F)(F)F)n1. The molecule has 1 heterocycles. The Morgan fingerprint density at radius 1 is 1.18 bits per heavy atom. The van der Waals surface area contributed by atoms with Crippen LogP contribution in [0.1, 0.15) is 17.7 Å². The second-order valence-corrected chi connectivity index (χ2v) is 4.80. The molecule has 2 rings (SSSR count). The molecule has 0 bridgehead atoms. The third-order valence-electron chi connectivity index (χ3n) is 3.08. The number of aryl methyl sites for hydroxylation is 1. The fraction of sp³-hybridized carbons (Fsp3) is 0.333. The summed E-state index contributed by atoms with van der Waals surface area (Å²) in [4.78, 5) is 11.7. The molecule has 22 heavy (non-hydrogen) atoms. The Hall–Kier alpha value is -2.31. The van der Waals surface area contributed by atoms with Gasteiger partial charge in [-0.05, 0) is 18.1 Å². The van der Waals surface area contributed by atoms with Crippen molar-refractivity contribution in [1.82, 2.24) is 15.1 Å². The Bertz CT molecular complexity index is 608. The molecule has 0 aliphatic carbocycles. The molecule has 0 radical (unpaired) electrons. The summed E-state index contributed by atoms with van der Waals surface area (Å²) in [5.41, 5.74) is 0.141. The molecule has 0 fully saturated rings. The number of carbonyl (C=O) groups is 1. The van der Waals surface area contributed by atoms with E-state index in [1.54, 1.807) is 0 Å². The standard InChI is InChI=1S/C15H16F3N3O/c16-15(17,18)13-8-10-21(20-13)11-9-19-14(22)7-6-12-4-2-1-3-5-12/h1-5,8,10H,6-7,9,11H2,(H,19,22). The molecule has 0 spiro atoms. The first kappa shape index (κ1) is 16.1. The Labute approximate surface area is 125 Å². The summed E-state index contributed by atoms with van der Waals surface area (Å²) in [6.07, 6.45) is -2.22. The lowest BCUT2D eigenvalue weighted by Crippen LogP contribution is -2.27. The topological polar surface area (TPSA) is 46.9 Å². The highest BCUT2D eigenvalue weighted by molar-refractivity contribution is 5.76. The molecule has 0 aliphatic rings. The lowest BCUT2D eigenvalue weighted by molar-refractivity contribution is -0.141. The molecule has 0 atom stereocenters. The number of alkyl halides is 3. The van der Waals surface area contributed by atoms with Crippen molar-refractivity contribution < 1.29 is 18.0 Å². The van der Waals surface area contributed by atoms with Crippen LogP contribution in [0.2, 0.25) is 0 Å². The van der Waals surface area contributed by atoms with Gasteiger partial charge in [0, 0.05) is 19.2 Å². The van der Waals surface area contributed by atoms with Gasteiger partial charge in [0.25, 0.3) is 0 Å². The van der Waals surface area contributed by atoms with E-state index in [-0.39, 0.29) is 19.0 Å². The minimum Gasteiger partial charge on any atom is -0.354 e. The van der Waals surface area contributed by atoms with E-state index in [0.29, 0.717) is 12.8 Å². The van der Waals surface area contributed by atoms with Gasteiger partial charge in [0.1, 0.15) is 0 Å². The van der Waals surface area contributed by atoms with Crippen LogP contribution in [-0.2, 0) is 23.9 Å². The number of hydrogen-bond acceptors (Lipinski definition) is 2. The molecule has 2 aromatic rings. The highest BCUT2D eigenvalue weighted by Crippen LogP contribution is 2.27. The minimum atomic E-state index is -4.44. The normalized spacial score (nSPS) is 11.4. The summed E-state index contributed by atoms with van der Waals surface area (Å²) < 4.78 is 38.3. The number of hydrogen-bond donors (Lipinski definition) is 1. The zero-order chi connectivity index (χ0) is 16.0. The highest BCUT2D eigenvalue weighted by Gasteiger charge is 2.33. The van der Waals surface area contributed by atoms with Crippen LogP contribution in [0, 0.1) is 0 Å². The number of rotatable bonds is 6. The van der Waals surface area contributed by atoms with Crippen molar-refractivity contribution in [3.63, 3.8) is 0 Å². The molecule has 7 heteroatoms. The van der Waals surface area contributed by atoms with E-state index in [0.717, 1.165) is 11.6 Å². The number of nitrogens with zero attached hydrogens (tertiary/aromatic N) is 2. The van der Waals surface area contributed by atoms with Crippen molar-refractivity contribution >= 4 is 5.91 Å². The van der Waals surface area contributed by atoms with Gasteiger partial charge in [0.2, 0.25) is 5.91 Å². The smallest absolute Gasteiger partial charge is 0.354 e. The second kappa shape index (κ2) is 7.11. The molecule has 0 unspecified atom stereocenters. The molecule has 1 aromatic heterocycles. The zero-order valence-corrected chi connectivity index (χ0v) is 11.8. The summed E-state index contributed by atoms with van der Waals surface area (Å²) in [6.45, 7) is 0.444. The fourth-order valence-electron chi connectivity index (χ4n) is 1.94. The van der Waals surface area contributed by atoms with Gasteiger partial charge in [-0.1, -0.05) is 30.3 Å². The maximum Gasteiger partial charge on any atom is 0.435 e. The Balaban J connectivity index is 1.70. The van der Waals surface area contributed by atoms with Crippen LogP contribution in [0.4, 0.5) is 13.2 Å². The van der Waals surface area contributed by atoms with E-state index in [1.807, 2.05) is 30.3 Å². The number of benzene rings is 1. The van der Waals surface area contributed by atoms with Crippen LogP contribution < -0.4 is 5.32 Å². The van der Waals surface area contributed by atoms with Crippen molar-refractivity contribution in [2.75, 3.05) is 6.54 Å². The molecule has 0 saturated heterocycles. The van der Waals surface area contributed by atoms with Gasteiger partial charge in [0.05, 0.1) is 6.54 Å². The summed E-state index contributed by atoms with van der Waals surface area (Å²) in [5.74, 6) is -0.132. The maximum absolute atomic E-state index is 12.4. The lowest BCUT2D eigenvalue weighted by Gasteiger charge is -2.06. The summed E-state index contributed by atoms with van der Waals surface area (Å²) in [7, 11) is 0. The number of halogens is 3. The molecule has 4 nitrogen and oxygen atoms in total. The van der Waals surface area contributed by atoms with Crippen molar-refractivity contribution in [2.24, 2.45) is 0 Å². The summed E-state index contributed by atoms with van der Waals surface area (Å²) >= 11 is 0. The number of carbonyl (C=O) groups excluding carboxylic acids is 1. The predicted molar refractivity (Wildman–Crippen MR) is 75.0 cm³/mol. The van der Waals surface area contributed by atoms with E-state index in [9.17, 15) is 18.0 Å². The summed E-state index contributed by atoms with van der Waals surface area (Å²) in [5, 5.41) is 6.08. The maximum atomic E-state index is 12.4. The third-order valence-corrected chi connectivity index (χ3v) is 3.08. The first-order chi connectivity index (χ1) is 10.4. The average Bonchev–Trinajstić information content (AvgIpc) is 2.95. The summed E-state index contributed by atoms with van der Waals surface area (Å²) in [6, 6.07) is 10.5. The molecule has 0 aliphatic heterocycles. The van der Waals surface area contributed by atoms with Gasteiger partial charge in [-0.2, -0.15) is 18.3 Å². The molecule has 1 aromatic carbocycles. The van der Waals surface area contributed by atoms with Gasteiger partial charge in [-0.15, -0.1) is 0 Å². The van der Waals surface area contributed by atoms with Gasteiger partial charge >= 0.3 is 6.18 Å². The van der Waals surface area contributed by atoms with E-state index in [2.05, 4.69) is 10.4 Å². The van der Waals surface area contributed by atoms with E-state index < -0.39 is 11.9 Å². The van der Waals surface area contributed by atoms with Crippen molar-refractivity contribution in [1.29, 1.82) is 0 Å². The molecular weight excluding hydrogens is 295 g/mol. The Kier molecular flexibility index (Phi) is 5.19. The monoisotopic (exact) mass is 311 g/mol. The second-order valence-electron chi connectivity index (χ2n) is 4.80. The lowest BCUT2D eigenvalue weighted by atomic mass is 10.1. The van der Waals surface area contributed by atoms with E-state index in [4.69, 9.17) is 0 Å². The van der Waals surface area contributed by atoms with Crippen LogP contribution >= 0.6 is 0 Å². The minimum absolute atomic E-state index is 0.132. The Morgan fingerprint density at radius 3 is 2.55 bits per heavy atom. The largest absolute Gasteiger partial charge is 0.435 e. The quantitative estimate of drug-likeness (QED) is 0.891. The third kappa shape index (κ3) is 4.91. The fourth-order valence-corrected chi connectivity index (χ4v) is 1.94. The van der Waals surface area contributed by atoms with E-state index in [1.165, 1.54) is 10.9 Å². The number of nitrogens with one attached hydrogen (secondary N) is 1. The van der Waals surface area contributed by atoms with Crippen molar-refractivity contribution in [3.05, 3.63) is 53.9 Å². The first-order valence-corrected chi connectivity index (χ1v) is 6.86. The van der Waals surface area contributed by atoms with Crippen LogP contribution in [0.5, 0.6) is 0 Å². The van der Waals surface area contributed by atoms with Crippen molar-refractivity contribution in [2.45, 2.75) is 25.6 Å². The predicted octanol–water partition coefficient (Wildman–Crippen LogP) is 2.65. The number of amides is 1. The molecule has 0 saturated carbocycles. The van der Waals surface area contributed by atoms with Crippen molar-refractivity contribution in [3.8, 4) is 0 Å². The van der Waals surface area contributed by atoms with Gasteiger partial charge < -0.3 is 5.32 Å². The van der Waals surface area contributed by atoms with Gasteiger partial charge in [-0.25, -0.2) is 0 Å². The van der Waals surface area contributed by atoms with Crippen LogP contribution in [0.15, 0.2) is 42.6 Å². The first-order valence-electron chi connectivity index (χ1n) is 6.86.